The van der Waals surface area contributed by atoms with E-state index in [1.54, 1.807) is 12.1 Å². The molecule has 1 heterocycles. The van der Waals surface area contributed by atoms with Crippen LogP contribution < -0.4 is 15.8 Å². The fourth-order valence-electron chi connectivity index (χ4n) is 1.82. The summed E-state index contributed by atoms with van der Waals surface area (Å²) in [5.74, 6) is 0.803. The van der Waals surface area contributed by atoms with E-state index in [9.17, 15) is 4.79 Å². The van der Waals surface area contributed by atoms with Gasteiger partial charge in [-0.25, -0.2) is 9.97 Å². The average Bonchev–Trinajstić information content (AvgIpc) is 2.54. The van der Waals surface area contributed by atoms with Crippen LogP contribution in [0.4, 0.5) is 11.6 Å². The minimum Gasteiger partial charge on any atom is -0.494 e. The summed E-state index contributed by atoms with van der Waals surface area (Å²) in [5.41, 5.74) is 6.24. The van der Waals surface area contributed by atoms with Gasteiger partial charge in [0.1, 0.15) is 12.1 Å². The van der Waals surface area contributed by atoms with Crippen molar-refractivity contribution in [3.05, 3.63) is 30.6 Å². The van der Waals surface area contributed by atoms with Gasteiger partial charge < -0.3 is 15.8 Å². The minimum absolute atomic E-state index is 0.111. The lowest BCUT2D eigenvalue weighted by Crippen LogP contribution is -2.24. The maximum Gasteiger partial charge on any atom is 0.237 e. The second-order valence-electron chi connectivity index (χ2n) is 4.59. The molecule has 0 saturated heterocycles. The van der Waals surface area contributed by atoms with Gasteiger partial charge in [-0.3, -0.25) is 4.79 Å². The number of nitrogens with zero attached hydrogens (tertiary/aromatic N) is 3. The molecule has 2 aromatic rings. The Bertz CT molecular complexity index is 651. The Kier molecular flexibility index (Phi) is 6.16. The van der Waals surface area contributed by atoms with Crippen molar-refractivity contribution in [2.75, 3.05) is 17.7 Å². The first kappa shape index (κ1) is 17.0. The molecular formula is C15H19N5O2S. The molecule has 1 unspecified atom stereocenters. The molecule has 7 nitrogen and oxygen atoms in total. The third-order valence-corrected chi connectivity index (χ3v) is 4.15. The van der Waals surface area contributed by atoms with Crippen LogP contribution in [0.3, 0.4) is 0 Å². The molecule has 0 bridgehead atoms. The molecule has 1 atom stereocenters. The van der Waals surface area contributed by atoms with Crippen molar-refractivity contribution in [2.45, 2.75) is 30.7 Å². The fraction of sp³-hybridized carbons (Fsp3) is 0.333. The molecule has 1 aromatic heterocycles. The zero-order valence-electron chi connectivity index (χ0n) is 13.0. The summed E-state index contributed by atoms with van der Waals surface area (Å²) in [7, 11) is 0. The van der Waals surface area contributed by atoms with Crippen LogP contribution in [0, 0.1) is 0 Å². The predicted molar refractivity (Wildman–Crippen MR) is 90.4 cm³/mol. The quantitative estimate of drug-likeness (QED) is 0.750. The van der Waals surface area contributed by atoms with Gasteiger partial charge in [0.15, 0.2) is 5.16 Å². The van der Waals surface area contributed by atoms with Crippen LogP contribution in [-0.2, 0) is 4.79 Å². The summed E-state index contributed by atoms with van der Waals surface area (Å²) in [6, 6.07) is 7.25. The number of hydrogen-bond acceptors (Lipinski definition) is 7. The van der Waals surface area contributed by atoms with Crippen molar-refractivity contribution in [3.8, 4) is 5.75 Å². The summed E-state index contributed by atoms with van der Waals surface area (Å²) in [6.07, 6.45) is 1.97. The third kappa shape index (κ3) is 5.10. The van der Waals surface area contributed by atoms with Crippen LogP contribution in [-0.4, -0.2) is 32.7 Å². The van der Waals surface area contributed by atoms with Gasteiger partial charge in [-0.2, -0.15) is 4.98 Å². The van der Waals surface area contributed by atoms with E-state index >= 15 is 0 Å². The molecule has 0 aliphatic carbocycles. The smallest absolute Gasteiger partial charge is 0.237 e. The number of aromatic nitrogens is 3. The first-order valence-electron chi connectivity index (χ1n) is 7.27. The Labute approximate surface area is 139 Å². The maximum absolute atomic E-state index is 12.4. The van der Waals surface area contributed by atoms with Crippen molar-refractivity contribution >= 4 is 29.3 Å². The highest BCUT2D eigenvalue weighted by Gasteiger charge is 2.19. The molecule has 0 saturated carbocycles. The van der Waals surface area contributed by atoms with Gasteiger partial charge in [0.2, 0.25) is 11.9 Å². The number of carbonyl (C=O) groups excluding carboxylic acids is 1. The lowest BCUT2D eigenvalue weighted by atomic mass is 10.2. The topological polar surface area (TPSA) is 103 Å². The first-order valence-corrected chi connectivity index (χ1v) is 8.15. The largest absolute Gasteiger partial charge is 0.494 e. The number of thioether (sulfide) groups is 1. The normalized spacial score (nSPS) is 11.7. The number of carbonyl (C=O) groups is 1. The van der Waals surface area contributed by atoms with Gasteiger partial charge in [-0.05, 0) is 37.6 Å². The Morgan fingerprint density at radius 3 is 2.65 bits per heavy atom. The number of hydrogen-bond donors (Lipinski definition) is 2. The van der Waals surface area contributed by atoms with Crippen LogP contribution in [0.1, 0.15) is 20.3 Å². The van der Waals surface area contributed by atoms with Gasteiger partial charge in [0.25, 0.3) is 0 Å². The number of nitrogens with two attached hydrogens (primary N) is 1. The number of rotatable bonds is 7. The highest BCUT2D eigenvalue weighted by molar-refractivity contribution is 8.00. The molecule has 1 aromatic carbocycles. The summed E-state index contributed by atoms with van der Waals surface area (Å²) < 4.78 is 5.37. The molecule has 23 heavy (non-hydrogen) atoms. The van der Waals surface area contributed by atoms with E-state index in [4.69, 9.17) is 10.5 Å². The average molecular weight is 333 g/mol. The van der Waals surface area contributed by atoms with E-state index in [0.29, 0.717) is 23.9 Å². The third-order valence-electron chi connectivity index (χ3n) is 2.91. The second kappa shape index (κ2) is 8.33. The van der Waals surface area contributed by atoms with Crippen LogP contribution in [0.2, 0.25) is 0 Å². The summed E-state index contributed by atoms with van der Waals surface area (Å²) >= 11 is 1.26. The lowest BCUT2D eigenvalue weighted by molar-refractivity contribution is -0.115. The number of amides is 1. The van der Waals surface area contributed by atoms with Gasteiger partial charge in [0, 0.05) is 5.69 Å². The van der Waals surface area contributed by atoms with Crippen molar-refractivity contribution in [1.29, 1.82) is 0 Å². The van der Waals surface area contributed by atoms with Gasteiger partial charge in [-0.1, -0.05) is 18.7 Å². The zero-order valence-corrected chi connectivity index (χ0v) is 13.8. The number of benzene rings is 1. The Morgan fingerprint density at radius 2 is 2.04 bits per heavy atom. The summed E-state index contributed by atoms with van der Waals surface area (Å²) in [6.45, 7) is 4.46. The summed E-state index contributed by atoms with van der Waals surface area (Å²) in [4.78, 5) is 24.1. The Morgan fingerprint density at radius 1 is 1.30 bits per heavy atom. The molecule has 3 N–H and O–H groups in total. The second-order valence-corrected chi connectivity index (χ2v) is 5.76. The Hall–Kier alpha value is -2.35. The standard InChI is InChI=1S/C15H19N5O2S/c1-3-12(23-15-18-9-17-14(16)20-15)13(21)19-10-5-7-11(8-6-10)22-4-2/h5-9,12H,3-4H2,1-2H3,(H,19,21)(H2,16,17,18,20). The molecular weight excluding hydrogens is 314 g/mol. The van der Waals surface area contributed by atoms with Crippen molar-refractivity contribution in [2.24, 2.45) is 0 Å². The van der Waals surface area contributed by atoms with E-state index in [-0.39, 0.29) is 17.1 Å². The molecule has 0 radical (unpaired) electrons. The van der Waals surface area contributed by atoms with E-state index in [1.807, 2.05) is 26.0 Å². The fourth-order valence-corrected chi connectivity index (χ4v) is 2.66. The number of ether oxygens (including phenoxy) is 1. The van der Waals surface area contributed by atoms with Crippen LogP contribution in [0.5, 0.6) is 5.75 Å². The van der Waals surface area contributed by atoms with E-state index in [2.05, 4.69) is 20.3 Å². The highest BCUT2D eigenvalue weighted by Crippen LogP contribution is 2.24. The van der Waals surface area contributed by atoms with E-state index in [0.717, 1.165) is 5.75 Å². The van der Waals surface area contributed by atoms with Gasteiger partial charge >= 0.3 is 0 Å². The SMILES string of the molecule is CCOc1ccc(NC(=O)C(CC)Sc2ncnc(N)n2)cc1. The van der Waals surface area contributed by atoms with E-state index < -0.39 is 0 Å². The van der Waals surface area contributed by atoms with Gasteiger partial charge in [-0.15, -0.1) is 0 Å². The molecule has 0 aliphatic rings. The van der Waals surface area contributed by atoms with Crippen molar-refractivity contribution in [3.63, 3.8) is 0 Å². The van der Waals surface area contributed by atoms with Crippen molar-refractivity contribution < 1.29 is 9.53 Å². The lowest BCUT2D eigenvalue weighted by Gasteiger charge is -2.14. The molecule has 2 rings (SSSR count). The molecule has 1 amide bonds. The monoisotopic (exact) mass is 333 g/mol. The molecule has 8 heteroatoms. The van der Waals surface area contributed by atoms with Crippen LogP contribution >= 0.6 is 11.8 Å². The molecule has 0 spiro atoms. The zero-order chi connectivity index (χ0) is 16.7. The number of nitrogens with one attached hydrogen (secondary N) is 1. The van der Waals surface area contributed by atoms with Crippen LogP contribution in [0.15, 0.2) is 35.7 Å². The molecule has 0 aliphatic heterocycles. The molecule has 122 valence electrons. The van der Waals surface area contributed by atoms with Gasteiger partial charge in [0.05, 0.1) is 11.9 Å². The maximum atomic E-state index is 12.4. The number of nitrogen functional groups attached to an aromatic ring is 1. The molecule has 0 fully saturated rings. The number of anilines is 2. The van der Waals surface area contributed by atoms with E-state index in [1.165, 1.54) is 18.1 Å². The first-order chi connectivity index (χ1) is 11.1. The summed E-state index contributed by atoms with van der Waals surface area (Å²) in [5, 5.41) is 3.00. The highest BCUT2D eigenvalue weighted by atomic mass is 32.2. The van der Waals surface area contributed by atoms with Crippen molar-refractivity contribution in [1.82, 2.24) is 15.0 Å². The predicted octanol–water partition coefficient (Wildman–Crippen LogP) is 2.36. The Balaban J connectivity index is 1.99. The van der Waals surface area contributed by atoms with Crippen LogP contribution in [0.25, 0.3) is 0 Å². The minimum atomic E-state index is -0.316.